The Bertz CT molecular complexity index is 594. The van der Waals surface area contributed by atoms with Gasteiger partial charge in [0.2, 0.25) is 10.0 Å². The van der Waals surface area contributed by atoms with Crippen LogP contribution in [0.4, 0.5) is 13.2 Å². The van der Waals surface area contributed by atoms with E-state index in [-0.39, 0.29) is 13.1 Å². The van der Waals surface area contributed by atoms with Gasteiger partial charge in [0.1, 0.15) is 0 Å². The predicted molar refractivity (Wildman–Crippen MR) is 60.6 cm³/mol. The number of hydrogen-bond donors (Lipinski definition) is 1. The molecule has 0 heterocycles. The monoisotopic (exact) mass is 294 g/mol. The Balaban J connectivity index is 2.93. The van der Waals surface area contributed by atoms with Crippen molar-refractivity contribution in [1.29, 1.82) is 0 Å². The average Bonchev–Trinajstić information content (AvgIpc) is 2.34. The molecule has 0 saturated heterocycles. The quantitative estimate of drug-likeness (QED) is 0.390. The molecule has 1 N–H and O–H groups in total. The third-order valence-corrected chi connectivity index (χ3v) is 3.50. The number of rotatable bonds is 5. The molecule has 0 aliphatic carbocycles. The molecule has 0 atom stereocenters. The highest BCUT2D eigenvalue weighted by molar-refractivity contribution is 7.89. The van der Waals surface area contributed by atoms with Crippen LogP contribution < -0.4 is 4.72 Å². The largest absolute Gasteiger partial charge is 0.416 e. The van der Waals surface area contributed by atoms with Gasteiger partial charge in [0.05, 0.1) is 10.5 Å². The smallest absolute Gasteiger partial charge is 0.211 e. The topological polar surface area (TPSA) is 94.9 Å². The van der Waals surface area contributed by atoms with Crippen LogP contribution in [-0.4, -0.2) is 21.5 Å². The minimum Gasteiger partial charge on any atom is -0.211 e. The molecule has 1 aromatic rings. The molecule has 0 saturated carbocycles. The van der Waals surface area contributed by atoms with Crippen LogP contribution in [0.25, 0.3) is 10.4 Å². The Morgan fingerprint density at radius 2 is 2.05 bits per heavy atom. The summed E-state index contributed by atoms with van der Waals surface area (Å²) < 4.78 is 62.7. The molecule has 0 radical (unpaired) electrons. The maximum Gasteiger partial charge on any atom is 0.416 e. The fourth-order valence-corrected chi connectivity index (χ4v) is 2.26. The third kappa shape index (κ3) is 4.43. The van der Waals surface area contributed by atoms with Crippen molar-refractivity contribution in [2.24, 2.45) is 5.11 Å². The number of hydrogen-bond acceptors (Lipinski definition) is 3. The van der Waals surface area contributed by atoms with Crippen molar-refractivity contribution in [1.82, 2.24) is 4.72 Å². The Labute approximate surface area is 106 Å². The molecule has 0 aromatic heterocycles. The lowest BCUT2D eigenvalue weighted by Crippen LogP contribution is -2.26. The molecule has 0 unspecified atom stereocenters. The Kier molecular flexibility index (Phi) is 4.76. The fourth-order valence-electron chi connectivity index (χ4n) is 1.20. The van der Waals surface area contributed by atoms with Gasteiger partial charge in [-0.1, -0.05) is 11.2 Å². The van der Waals surface area contributed by atoms with Gasteiger partial charge in [-0.15, -0.1) is 0 Å². The second-order valence-corrected chi connectivity index (χ2v) is 5.14. The number of azide groups is 1. The normalized spacial score (nSPS) is 11.9. The van der Waals surface area contributed by atoms with Gasteiger partial charge in [-0.3, -0.25) is 0 Å². The molecule has 0 aliphatic rings. The molecule has 1 aromatic carbocycles. The van der Waals surface area contributed by atoms with Gasteiger partial charge in [-0.2, -0.15) is 13.2 Å². The number of benzene rings is 1. The van der Waals surface area contributed by atoms with Crippen LogP contribution in [0, 0.1) is 0 Å². The zero-order valence-corrected chi connectivity index (χ0v) is 10.2. The molecule has 10 heteroatoms. The maximum atomic E-state index is 12.4. The third-order valence-electron chi connectivity index (χ3n) is 2.04. The molecule has 0 amide bonds. The summed E-state index contributed by atoms with van der Waals surface area (Å²) in [6.45, 7) is -0.322. The first kappa shape index (κ1) is 15.3. The van der Waals surface area contributed by atoms with Crippen LogP contribution in [0.3, 0.4) is 0 Å². The molecule has 19 heavy (non-hydrogen) atoms. The molecule has 0 aliphatic heterocycles. The summed E-state index contributed by atoms with van der Waals surface area (Å²) in [4.78, 5) is 1.92. The van der Waals surface area contributed by atoms with Gasteiger partial charge >= 0.3 is 6.18 Å². The van der Waals surface area contributed by atoms with E-state index in [9.17, 15) is 21.6 Å². The van der Waals surface area contributed by atoms with Crippen LogP contribution in [0.15, 0.2) is 34.3 Å². The van der Waals surface area contributed by atoms with E-state index in [1.807, 2.05) is 4.72 Å². The van der Waals surface area contributed by atoms with E-state index in [2.05, 4.69) is 10.0 Å². The average molecular weight is 294 g/mol. The number of sulfonamides is 1. The predicted octanol–water partition coefficient (Wildman–Crippen LogP) is 2.29. The van der Waals surface area contributed by atoms with E-state index in [4.69, 9.17) is 5.53 Å². The lowest BCUT2D eigenvalue weighted by atomic mass is 10.2. The Morgan fingerprint density at radius 3 is 2.63 bits per heavy atom. The van der Waals surface area contributed by atoms with Gasteiger partial charge < -0.3 is 0 Å². The van der Waals surface area contributed by atoms with Gasteiger partial charge in [0.15, 0.2) is 0 Å². The van der Waals surface area contributed by atoms with Crippen LogP contribution in [-0.2, 0) is 16.2 Å². The minimum absolute atomic E-state index is 0.130. The molecular weight excluding hydrogens is 285 g/mol. The summed E-state index contributed by atoms with van der Waals surface area (Å²) in [5, 5.41) is 3.10. The molecule has 104 valence electrons. The van der Waals surface area contributed by atoms with Crippen LogP contribution in [0.2, 0.25) is 0 Å². The molecule has 0 bridgehead atoms. The Hall–Kier alpha value is -1.77. The summed E-state index contributed by atoms with van der Waals surface area (Å²) in [5.74, 6) is 0. The van der Waals surface area contributed by atoms with E-state index in [0.717, 1.165) is 18.2 Å². The highest BCUT2D eigenvalue weighted by Gasteiger charge is 2.31. The van der Waals surface area contributed by atoms with Gasteiger partial charge in [-0.25, -0.2) is 13.1 Å². The number of alkyl halides is 3. The summed E-state index contributed by atoms with van der Waals surface area (Å²) in [5.41, 5.74) is 6.94. The van der Waals surface area contributed by atoms with Crippen molar-refractivity contribution < 1.29 is 21.6 Å². The summed E-state index contributed by atoms with van der Waals surface area (Å²) in [6.07, 6.45) is -4.61. The molecule has 6 nitrogen and oxygen atoms in total. The first-order valence-corrected chi connectivity index (χ1v) is 6.43. The second-order valence-electron chi connectivity index (χ2n) is 3.38. The van der Waals surface area contributed by atoms with Crippen molar-refractivity contribution in [2.45, 2.75) is 11.1 Å². The first-order valence-electron chi connectivity index (χ1n) is 4.95. The maximum absolute atomic E-state index is 12.4. The standard InChI is InChI=1S/C9H9F3N4O2S/c10-9(11,12)7-2-1-3-8(6-7)19(17,18)15-5-4-14-16-13/h1-3,6,15H,4-5H2. The summed E-state index contributed by atoms with van der Waals surface area (Å²) >= 11 is 0. The van der Waals surface area contributed by atoms with Crippen molar-refractivity contribution >= 4 is 10.0 Å². The van der Waals surface area contributed by atoms with E-state index < -0.39 is 26.7 Å². The van der Waals surface area contributed by atoms with Crippen LogP contribution in [0.5, 0.6) is 0 Å². The van der Waals surface area contributed by atoms with Gasteiger partial charge in [0.25, 0.3) is 0 Å². The number of nitrogens with one attached hydrogen (secondary N) is 1. The highest BCUT2D eigenvalue weighted by Crippen LogP contribution is 2.30. The lowest BCUT2D eigenvalue weighted by molar-refractivity contribution is -0.137. The fraction of sp³-hybridized carbons (Fsp3) is 0.333. The van der Waals surface area contributed by atoms with Crippen molar-refractivity contribution in [3.63, 3.8) is 0 Å². The zero-order valence-electron chi connectivity index (χ0n) is 9.42. The van der Waals surface area contributed by atoms with E-state index in [0.29, 0.717) is 6.07 Å². The van der Waals surface area contributed by atoms with Crippen LogP contribution >= 0.6 is 0 Å². The van der Waals surface area contributed by atoms with Crippen molar-refractivity contribution in [3.05, 3.63) is 40.3 Å². The van der Waals surface area contributed by atoms with Crippen molar-refractivity contribution in [3.8, 4) is 0 Å². The molecular formula is C9H9F3N4O2S. The van der Waals surface area contributed by atoms with E-state index in [1.165, 1.54) is 0 Å². The zero-order chi connectivity index (χ0) is 14.5. The highest BCUT2D eigenvalue weighted by atomic mass is 32.2. The van der Waals surface area contributed by atoms with Gasteiger partial charge in [0, 0.05) is 18.0 Å². The molecule has 1 rings (SSSR count). The van der Waals surface area contributed by atoms with Gasteiger partial charge in [-0.05, 0) is 23.7 Å². The lowest BCUT2D eigenvalue weighted by Gasteiger charge is -2.09. The number of halogens is 3. The SMILES string of the molecule is [N-]=[N+]=NCCNS(=O)(=O)c1cccc(C(F)(F)F)c1. The first-order chi connectivity index (χ1) is 8.77. The second kappa shape index (κ2) is 5.91. The number of nitrogens with zero attached hydrogens (tertiary/aromatic N) is 3. The Morgan fingerprint density at radius 1 is 1.37 bits per heavy atom. The van der Waals surface area contributed by atoms with Crippen molar-refractivity contribution in [2.75, 3.05) is 13.1 Å². The molecule has 0 fully saturated rings. The summed E-state index contributed by atoms with van der Waals surface area (Å²) in [6, 6.07) is 3.37. The minimum atomic E-state index is -4.61. The van der Waals surface area contributed by atoms with E-state index in [1.54, 1.807) is 0 Å². The van der Waals surface area contributed by atoms with E-state index >= 15 is 0 Å². The van der Waals surface area contributed by atoms with Crippen LogP contribution in [0.1, 0.15) is 5.56 Å². The summed E-state index contributed by atoms with van der Waals surface area (Å²) in [7, 11) is -4.06. The molecule has 0 spiro atoms.